The summed E-state index contributed by atoms with van der Waals surface area (Å²) >= 11 is 0. The van der Waals surface area contributed by atoms with Crippen LogP contribution in [0.2, 0.25) is 0 Å². The highest BCUT2D eigenvalue weighted by Crippen LogP contribution is 2.38. The Hall–Kier alpha value is -2.28. The van der Waals surface area contributed by atoms with Crippen LogP contribution in [0.3, 0.4) is 0 Å². The number of fused-ring (bicyclic) bond motifs is 1. The number of rotatable bonds is 4. The molecule has 2 aliphatic heterocycles. The largest absolute Gasteiger partial charge is 0.481 e. The fourth-order valence-corrected chi connectivity index (χ4v) is 3.22. The molecule has 1 unspecified atom stereocenters. The lowest BCUT2D eigenvalue weighted by atomic mass is 10.1. The van der Waals surface area contributed by atoms with E-state index in [1.807, 2.05) is 4.90 Å². The molecule has 1 N–H and O–H groups in total. The van der Waals surface area contributed by atoms with E-state index in [0.29, 0.717) is 42.9 Å². The maximum Gasteiger partial charge on any atom is 0.262 e. The number of carbonyl (C=O) groups is 2. The van der Waals surface area contributed by atoms with E-state index in [9.17, 15) is 9.59 Å². The van der Waals surface area contributed by atoms with Crippen molar-refractivity contribution in [2.45, 2.75) is 18.9 Å². The Kier molecular flexibility index (Phi) is 4.02. The third-order valence-electron chi connectivity index (χ3n) is 4.61. The van der Waals surface area contributed by atoms with Crippen LogP contribution in [0.25, 0.3) is 0 Å². The smallest absolute Gasteiger partial charge is 0.262 e. The van der Waals surface area contributed by atoms with E-state index >= 15 is 0 Å². The second-order valence-corrected chi connectivity index (χ2v) is 6.32. The molecule has 2 heterocycles. The Morgan fingerprint density at radius 3 is 3.08 bits per heavy atom. The number of hydrogen-bond acceptors (Lipinski definition) is 5. The molecule has 1 aromatic rings. The van der Waals surface area contributed by atoms with Crippen molar-refractivity contribution in [1.29, 1.82) is 0 Å². The molecule has 7 nitrogen and oxygen atoms in total. The van der Waals surface area contributed by atoms with E-state index in [4.69, 9.17) is 14.2 Å². The van der Waals surface area contributed by atoms with Crippen LogP contribution in [-0.4, -0.2) is 55.7 Å². The Labute approximate surface area is 139 Å². The molecule has 0 spiro atoms. The zero-order valence-corrected chi connectivity index (χ0v) is 13.3. The summed E-state index contributed by atoms with van der Waals surface area (Å²) in [6.45, 7) is 1.72. The topological polar surface area (TPSA) is 77.1 Å². The second-order valence-electron chi connectivity index (χ2n) is 6.32. The summed E-state index contributed by atoms with van der Waals surface area (Å²) in [5.74, 6) is 1.29. The van der Waals surface area contributed by atoms with Gasteiger partial charge in [0.15, 0.2) is 13.2 Å². The van der Waals surface area contributed by atoms with E-state index in [1.165, 1.54) is 0 Å². The quantitative estimate of drug-likeness (QED) is 0.891. The second kappa shape index (κ2) is 6.32. The van der Waals surface area contributed by atoms with E-state index in [0.717, 1.165) is 12.8 Å². The SMILES string of the molecule is O=C1COc2cccc(OCC(=O)N3CCOCC3C3CC3)c2N1. The number of anilines is 1. The highest BCUT2D eigenvalue weighted by atomic mass is 16.5. The van der Waals surface area contributed by atoms with Gasteiger partial charge in [-0.3, -0.25) is 9.59 Å². The average molecular weight is 332 g/mol. The summed E-state index contributed by atoms with van der Waals surface area (Å²) in [7, 11) is 0. The van der Waals surface area contributed by atoms with Gasteiger partial charge in [-0.15, -0.1) is 0 Å². The van der Waals surface area contributed by atoms with Gasteiger partial charge in [0.25, 0.3) is 11.8 Å². The minimum absolute atomic E-state index is 0.00771. The molecule has 0 aromatic heterocycles. The number of nitrogens with one attached hydrogen (secondary N) is 1. The number of carbonyl (C=O) groups excluding carboxylic acids is 2. The monoisotopic (exact) mass is 332 g/mol. The van der Waals surface area contributed by atoms with Crippen molar-refractivity contribution >= 4 is 17.5 Å². The maximum absolute atomic E-state index is 12.6. The number of hydrogen-bond donors (Lipinski definition) is 1. The zero-order chi connectivity index (χ0) is 16.5. The van der Waals surface area contributed by atoms with Crippen molar-refractivity contribution in [2.75, 3.05) is 38.3 Å². The van der Waals surface area contributed by atoms with Gasteiger partial charge in [-0.2, -0.15) is 0 Å². The summed E-state index contributed by atoms with van der Waals surface area (Å²) in [6.07, 6.45) is 2.32. The molecule has 128 valence electrons. The van der Waals surface area contributed by atoms with Crippen molar-refractivity contribution in [2.24, 2.45) is 5.92 Å². The van der Waals surface area contributed by atoms with Crippen molar-refractivity contribution < 1.29 is 23.8 Å². The predicted molar refractivity (Wildman–Crippen MR) is 85.1 cm³/mol. The molecule has 0 bridgehead atoms. The first-order valence-electron chi connectivity index (χ1n) is 8.28. The normalized spacial score (nSPS) is 23.1. The number of amides is 2. The molecule has 7 heteroatoms. The van der Waals surface area contributed by atoms with Gasteiger partial charge in [-0.25, -0.2) is 0 Å². The summed E-state index contributed by atoms with van der Waals surface area (Å²) in [5.41, 5.74) is 0.488. The van der Waals surface area contributed by atoms with Gasteiger partial charge in [0.1, 0.15) is 17.2 Å². The lowest BCUT2D eigenvalue weighted by molar-refractivity contribution is -0.142. The van der Waals surface area contributed by atoms with Crippen molar-refractivity contribution in [3.05, 3.63) is 18.2 Å². The minimum atomic E-state index is -0.230. The van der Waals surface area contributed by atoms with Gasteiger partial charge >= 0.3 is 0 Å². The van der Waals surface area contributed by atoms with E-state index in [2.05, 4.69) is 5.32 Å². The Balaban J connectivity index is 1.43. The van der Waals surface area contributed by atoms with E-state index in [-0.39, 0.29) is 31.1 Å². The van der Waals surface area contributed by atoms with Crippen molar-refractivity contribution in [1.82, 2.24) is 4.90 Å². The Morgan fingerprint density at radius 2 is 2.25 bits per heavy atom. The van der Waals surface area contributed by atoms with E-state index in [1.54, 1.807) is 18.2 Å². The molecule has 1 saturated carbocycles. The predicted octanol–water partition coefficient (Wildman–Crippen LogP) is 1.03. The van der Waals surface area contributed by atoms with Crippen LogP contribution in [-0.2, 0) is 14.3 Å². The highest BCUT2D eigenvalue weighted by Gasteiger charge is 2.39. The van der Waals surface area contributed by atoms with Gasteiger partial charge in [-0.05, 0) is 30.9 Å². The van der Waals surface area contributed by atoms with E-state index < -0.39 is 0 Å². The first-order chi connectivity index (χ1) is 11.7. The highest BCUT2D eigenvalue weighted by molar-refractivity contribution is 5.97. The van der Waals surface area contributed by atoms with Crippen LogP contribution in [0.4, 0.5) is 5.69 Å². The summed E-state index contributed by atoms with van der Waals surface area (Å²) in [5, 5.41) is 2.73. The molecule has 4 rings (SSSR count). The molecule has 24 heavy (non-hydrogen) atoms. The molecule has 3 aliphatic rings. The fraction of sp³-hybridized carbons (Fsp3) is 0.529. The molecule has 1 atom stereocenters. The molecule has 2 amide bonds. The summed E-state index contributed by atoms with van der Waals surface area (Å²) in [6, 6.07) is 5.42. The van der Waals surface area contributed by atoms with Gasteiger partial charge in [0, 0.05) is 6.54 Å². The van der Waals surface area contributed by atoms with Crippen LogP contribution < -0.4 is 14.8 Å². The number of morpholine rings is 1. The first kappa shape index (κ1) is 15.3. The van der Waals surface area contributed by atoms with Crippen molar-refractivity contribution in [3.63, 3.8) is 0 Å². The Morgan fingerprint density at radius 1 is 1.38 bits per heavy atom. The van der Waals surface area contributed by atoms with Crippen LogP contribution in [0.15, 0.2) is 18.2 Å². The molecule has 2 fully saturated rings. The van der Waals surface area contributed by atoms with Gasteiger partial charge in [0.05, 0.1) is 19.3 Å². The lowest BCUT2D eigenvalue weighted by Crippen LogP contribution is -2.51. The molecule has 1 aliphatic carbocycles. The average Bonchev–Trinajstić information content (AvgIpc) is 3.44. The number of ether oxygens (including phenoxy) is 3. The molecule has 0 radical (unpaired) electrons. The van der Waals surface area contributed by atoms with Crippen LogP contribution in [0.1, 0.15) is 12.8 Å². The molecular weight excluding hydrogens is 312 g/mol. The number of benzene rings is 1. The summed E-state index contributed by atoms with van der Waals surface area (Å²) in [4.78, 5) is 26.0. The van der Waals surface area contributed by atoms with Crippen LogP contribution in [0, 0.1) is 5.92 Å². The molecule has 1 aromatic carbocycles. The lowest BCUT2D eigenvalue weighted by Gasteiger charge is -2.35. The van der Waals surface area contributed by atoms with Crippen LogP contribution in [0.5, 0.6) is 11.5 Å². The van der Waals surface area contributed by atoms with Crippen LogP contribution >= 0.6 is 0 Å². The number of nitrogens with zero attached hydrogens (tertiary/aromatic N) is 1. The minimum Gasteiger partial charge on any atom is -0.481 e. The Bertz CT molecular complexity index is 658. The van der Waals surface area contributed by atoms with Gasteiger partial charge < -0.3 is 24.4 Å². The van der Waals surface area contributed by atoms with Gasteiger partial charge in [-0.1, -0.05) is 6.07 Å². The maximum atomic E-state index is 12.6. The standard InChI is InChI=1S/C17H20N2O5/c20-15-9-23-13-2-1-3-14(17(13)18-15)24-10-16(21)19-6-7-22-8-12(19)11-4-5-11/h1-3,11-12H,4-10H2,(H,18,20). The first-order valence-corrected chi connectivity index (χ1v) is 8.28. The fourth-order valence-electron chi connectivity index (χ4n) is 3.22. The molecule has 1 saturated heterocycles. The molecular formula is C17H20N2O5. The van der Waals surface area contributed by atoms with Crippen molar-refractivity contribution in [3.8, 4) is 11.5 Å². The summed E-state index contributed by atoms with van der Waals surface area (Å²) < 4.78 is 16.6. The van der Waals surface area contributed by atoms with Gasteiger partial charge in [0.2, 0.25) is 0 Å². The number of para-hydroxylation sites is 1. The third kappa shape index (κ3) is 3.03. The third-order valence-corrected chi connectivity index (χ3v) is 4.61. The zero-order valence-electron chi connectivity index (χ0n) is 13.3.